The van der Waals surface area contributed by atoms with E-state index in [4.69, 9.17) is 38.5 Å². The quantitative estimate of drug-likeness (QED) is 0.210. The molecular weight excluding hydrogens is 378 g/mol. The first-order valence-corrected chi connectivity index (χ1v) is 4.70. The van der Waals surface area contributed by atoms with Gasteiger partial charge in [-0.1, -0.05) is 0 Å². The summed E-state index contributed by atoms with van der Waals surface area (Å²) in [4.78, 5) is 43.1. The molecular formula is H6CeO8P2Ti. The first kappa shape index (κ1) is 23.9. The van der Waals surface area contributed by atoms with Gasteiger partial charge in [-0.05, 0) is 0 Å². The molecule has 0 aliphatic heterocycles. The normalized spacial score (nSPS) is 9.83. The second kappa shape index (κ2) is 9.85. The predicted octanol–water partition coefficient (Wildman–Crippen LogP) is -1.86. The van der Waals surface area contributed by atoms with Crippen molar-refractivity contribution in [1.29, 1.82) is 0 Å². The van der Waals surface area contributed by atoms with Crippen LogP contribution in [0.2, 0.25) is 0 Å². The monoisotopic (exact) mass is 384 g/mol. The van der Waals surface area contributed by atoms with Crippen LogP contribution in [-0.4, -0.2) is 29.4 Å². The van der Waals surface area contributed by atoms with Crippen LogP contribution in [0.25, 0.3) is 0 Å². The van der Waals surface area contributed by atoms with Gasteiger partial charge in [0.2, 0.25) is 0 Å². The number of phosphoric acid groups is 2. The van der Waals surface area contributed by atoms with Crippen LogP contribution in [-0.2, 0) is 30.8 Å². The maximum atomic E-state index is 8.88. The van der Waals surface area contributed by atoms with E-state index in [9.17, 15) is 0 Å². The average Bonchev–Trinajstić information content (AvgIpc) is 1.12. The summed E-state index contributed by atoms with van der Waals surface area (Å²) in [6, 6.07) is 0. The number of hydrogen-bond donors (Lipinski definition) is 6. The summed E-state index contributed by atoms with van der Waals surface area (Å²) in [6.07, 6.45) is 0. The van der Waals surface area contributed by atoms with Crippen molar-refractivity contribution in [3.63, 3.8) is 0 Å². The van der Waals surface area contributed by atoms with E-state index in [0.717, 1.165) is 0 Å². The molecule has 0 spiro atoms. The van der Waals surface area contributed by atoms with E-state index in [2.05, 4.69) is 0 Å². The molecule has 0 amide bonds. The molecule has 0 aliphatic rings. The van der Waals surface area contributed by atoms with Gasteiger partial charge in [0, 0.05) is 63.5 Å². The van der Waals surface area contributed by atoms with Gasteiger partial charge in [0.15, 0.2) is 0 Å². The third-order valence-electron chi connectivity index (χ3n) is 0. The second-order valence-corrected chi connectivity index (χ2v) is 3.08. The van der Waals surface area contributed by atoms with Gasteiger partial charge >= 0.3 is 15.6 Å². The zero-order valence-electron chi connectivity index (χ0n) is 5.39. The Morgan fingerprint density at radius 2 is 0.667 bits per heavy atom. The molecule has 0 aliphatic carbocycles. The molecule has 0 saturated heterocycles. The smallest absolute Gasteiger partial charge is 0.303 e. The Kier molecular flexibility index (Phi) is 19.6. The molecule has 0 bridgehead atoms. The van der Waals surface area contributed by atoms with Crippen LogP contribution in [0.1, 0.15) is 0 Å². The Bertz CT molecular complexity index is 129. The SMILES string of the molecule is O=P(O)(O)O.O=P(O)(O)O.[Ce].[Ti]. The fourth-order valence-electron chi connectivity index (χ4n) is 0. The average molecular weight is 384 g/mol. The van der Waals surface area contributed by atoms with Gasteiger partial charge < -0.3 is 29.4 Å². The molecule has 12 heavy (non-hydrogen) atoms. The van der Waals surface area contributed by atoms with Gasteiger partial charge in [0.25, 0.3) is 0 Å². The van der Waals surface area contributed by atoms with Gasteiger partial charge in [-0.2, -0.15) is 0 Å². The fraction of sp³-hybridized carbons (Fsp3) is 0. The Morgan fingerprint density at radius 1 is 0.667 bits per heavy atom. The van der Waals surface area contributed by atoms with Crippen molar-refractivity contribution in [3.05, 3.63) is 0 Å². The van der Waals surface area contributed by atoms with Crippen molar-refractivity contribution < 1.29 is 102 Å². The summed E-state index contributed by atoms with van der Waals surface area (Å²) in [5.41, 5.74) is 0. The summed E-state index contributed by atoms with van der Waals surface area (Å²) in [6.45, 7) is 0. The molecule has 0 aromatic heterocycles. The molecule has 0 radical (unpaired) electrons. The zero-order chi connectivity index (χ0) is 9.00. The van der Waals surface area contributed by atoms with E-state index in [0.29, 0.717) is 0 Å². The van der Waals surface area contributed by atoms with Crippen molar-refractivity contribution >= 4 is 15.6 Å². The predicted molar refractivity (Wildman–Crippen MR) is 28.5 cm³/mol. The first-order chi connectivity index (χ1) is 4.00. The number of hydrogen-bond acceptors (Lipinski definition) is 2. The van der Waals surface area contributed by atoms with E-state index in [1.54, 1.807) is 0 Å². The van der Waals surface area contributed by atoms with E-state index in [-0.39, 0.29) is 63.5 Å². The van der Waals surface area contributed by atoms with Crippen molar-refractivity contribution in [1.82, 2.24) is 0 Å². The Hall–Kier alpha value is 2.31. The fourth-order valence-corrected chi connectivity index (χ4v) is 0. The Labute approximate surface area is 116 Å². The second-order valence-electron chi connectivity index (χ2n) is 1.03. The summed E-state index contributed by atoms with van der Waals surface area (Å²) >= 11 is 0. The van der Waals surface area contributed by atoms with E-state index >= 15 is 0 Å². The first-order valence-electron chi connectivity index (χ1n) is 1.57. The van der Waals surface area contributed by atoms with Gasteiger partial charge in [-0.25, -0.2) is 9.13 Å². The molecule has 0 unspecified atom stereocenters. The van der Waals surface area contributed by atoms with E-state index in [1.807, 2.05) is 0 Å². The summed E-state index contributed by atoms with van der Waals surface area (Å²) < 4.78 is 17.8. The molecule has 0 aromatic rings. The minimum absolute atomic E-state index is 0. The van der Waals surface area contributed by atoms with Gasteiger partial charge in [0.1, 0.15) is 0 Å². The van der Waals surface area contributed by atoms with Gasteiger partial charge in [-0.3, -0.25) is 0 Å². The minimum atomic E-state index is -4.64. The third-order valence-corrected chi connectivity index (χ3v) is 0. The topological polar surface area (TPSA) is 156 Å². The molecule has 8 nitrogen and oxygen atoms in total. The molecule has 6 N–H and O–H groups in total. The molecule has 0 saturated carbocycles. The molecule has 0 fully saturated rings. The van der Waals surface area contributed by atoms with Crippen LogP contribution in [0.5, 0.6) is 0 Å². The third kappa shape index (κ3) is 295. The van der Waals surface area contributed by atoms with E-state index in [1.165, 1.54) is 0 Å². The van der Waals surface area contributed by atoms with Crippen molar-refractivity contribution in [2.24, 2.45) is 0 Å². The van der Waals surface area contributed by atoms with Crippen molar-refractivity contribution in [2.75, 3.05) is 0 Å². The minimum Gasteiger partial charge on any atom is -0.303 e. The van der Waals surface area contributed by atoms with Crippen molar-refractivity contribution in [2.45, 2.75) is 0 Å². The molecule has 12 heteroatoms. The molecule has 0 heterocycles. The van der Waals surface area contributed by atoms with Gasteiger partial charge in [-0.15, -0.1) is 0 Å². The van der Waals surface area contributed by atoms with Gasteiger partial charge in [0.05, 0.1) is 0 Å². The van der Waals surface area contributed by atoms with Crippen LogP contribution in [0, 0.1) is 41.7 Å². The van der Waals surface area contributed by atoms with Crippen LogP contribution in [0.4, 0.5) is 0 Å². The van der Waals surface area contributed by atoms with Crippen LogP contribution >= 0.6 is 15.6 Å². The van der Waals surface area contributed by atoms with Crippen molar-refractivity contribution in [3.8, 4) is 0 Å². The Balaban J connectivity index is -0.0000000457. The summed E-state index contributed by atoms with van der Waals surface area (Å²) in [7, 11) is -9.28. The molecule has 0 atom stereocenters. The summed E-state index contributed by atoms with van der Waals surface area (Å²) in [5.74, 6) is 0. The van der Waals surface area contributed by atoms with Crippen LogP contribution in [0.15, 0.2) is 0 Å². The van der Waals surface area contributed by atoms with Crippen LogP contribution in [0.3, 0.4) is 0 Å². The Morgan fingerprint density at radius 3 is 0.667 bits per heavy atom. The molecule has 0 rings (SSSR count). The maximum absolute atomic E-state index is 8.88. The molecule has 72 valence electrons. The van der Waals surface area contributed by atoms with Crippen LogP contribution < -0.4 is 0 Å². The largest absolute Gasteiger partial charge is 0.466 e. The summed E-state index contributed by atoms with van der Waals surface area (Å²) in [5, 5.41) is 0. The maximum Gasteiger partial charge on any atom is 0.466 e. The number of rotatable bonds is 0. The molecule has 0 aromatic carbocycles. The zero-order valence-corrected chi connectivity index (χ0v) is 11.9. The van der Waals surface area contributed by atoms with E-state index < -0.39 is 15.6 Å². The standard InChI is InChI=1S/Ce.2H3O4P.Ti/c;2*1-5(2,3)4;/h;2*(H3,1,2,3,4);.